The minimum absolute atomic E-state index is 0.0382. The van der Waals surface area contributed by atoms with E-state index in [2.05, 4.69) is 0 Å². The van der Waals surface area contributed by atoms with Gasteiger partial charge in [0.05, 0.1) is 31.0 Å². The summed E-state index contributed by atoms with van der Waals surface area (Å²) in [5.74, 6) is -3.77. The molecule has 25 nitrogen and oxygen atoms in total. The van der Waals surface area contributed by atoms with Crippen molar-refractivity contribution in [2.75, 3.05) is 41.2 Å². The van der Waals surface area contributed by atoms with Crippen molar-refractivity contribution in [3.05, 3.63) is 0 Å². The van der Waals surface area contributed by atoms with Crippen LogP contribution in [0.25, 0.3) is 0 Å². The summed E-state index contributed by atoms with van der Waals surface area (Å²) in [7, 11) is 3.99. The molecular formula is C42H69NO24. The van der Waals surface area contributed by atoms with Crippen LogP contribution in [0.15, 0.2) is 0 Å². The summed E-state index contributed by atoms with van der Waals surface area (Å²) in [6.45, 7) is 10.5. The Labute approximate surface area is 388 Å². The average Bonchev–Trinajstić information content (AvgIpc) is 3.29. The highest BCUT2D eigenvalue weighted by molar-refractivity contribution is 5.66. The van der Waals surface area contributed by atoms with Crippen molar-refractivity contribution in [1.29, 1.82) is 0 Å². The van der Waals surface area contributed by atoms with Gasteiger partial charge in [0.15, 0.2) is 31.5 Å². The highest BCUT2D eigenvalue weighted by Crippen LogP contribution is 2.41. The maximum atomic E-state index is 12.1. The number of methoxy groups -OCH3 is 3. The minimum Gasteiger partial charge on any atom is -0.463 e. The summed E-state index contributed by atoms with van der Waals surface area (Å²) in [4.78, 5) is 47.5. The fourth-order valence-electron chi connectivity index (χ4n) is 9.15. The largest absolute Gasteiger partial charge is 0.463 e. The van der Waals surface area contributed by atoms with E-state index in [0.29, 0.717) is 0 Å². The second-order valence-corrected chi connectivity index (χ2v) is 17.5. The zero-order valence-electron chi connectivity index (χ0n) is 39.2. The van der Waals surface area contributed by atoms with Crippen molar-refractivity contribution in [3.63, 3.8) is 0 Å². The molecule has 5 rings (SSSR count). The Kier molecular flexibility index (Phi) is 20.4. The molecule has 5 saturated heterocycles. The van der Waals surface area contributed by atoms with Crippen LogP contribution in [-0.2, 0) is 95.0 Å². The van der Waals surface area contributed by atoms with E-state index in [1.165, 1.54) is 35.2 Å². The van der Waals surface area contributed by atoms with E-state index in [1.807, 2.05) is 13.8 Å². The van der Waals surface area contributed by atoms with Gasteiger partial charge in [-0.2, -0.15) is 0 Å². The molecule has 0 aromatic heterocycles. The SMILES string of the molecule is COC1[C@H](O[C@H]2C(C)C(O)[C@@H](O[C@H]3C(OC)C(C)[C@@H](O[C@H]4C(CO)O[C@@H](OC)C(O)[C@H]4O)O[C@H]3OC=O)O[C@@H]2COC(C)=O)OC(OC=O)[C@H](O[C@@H]2OC(COC(C)=O)[C@H](C)[C@H](C)C2N)[C@@H]1C. The number of aliphatic hydroxyl groups is 4. The third-order valence-electron chi connectivity index (χ3n) is 13.3. The second-order valence-electron chi connectivity index (χ2n) is 17.5. The first-order valence-corrected chi connectivity index (χ1v) is 22.2. The predicted octanol–water partition coefficient (Wildman–Crippen LogP) is -2.20. The highest BCUT2D eigenvalue weighted by atomic mass is 16.8. The number of carbonyl (C=O) groups is 4. The van der Waals surface area contributed by atoms with Crippen LogP contribution in [0.5, 0.6) is 0 Å². The van der Waals surface area contributed by atoms with Crippen molar-refractivity contribution in [3.8, 4) is 0 Å². The normalized spacial score (nSPS) is 45.9. The molecule has 25 atom stereocenters. The monoisotopic (exact) mass is 971 g/mol. The number of hydrogen-bond donors (Lipinski definition) is 5. The predicted molar refractivity (Wildman–Crippen MR) is 218 cm³/mol. The minimum atomic E-state index is -1.61. The molecule has 0 bridgehead atoms. The third-order valence-corrected chi connectivity index (χ3v) is 13.3. The molecule has 0 spiro atoms. The Hall–Kier alpha value is -2.80. The molecule has 0 saturated carbocycles. The van der Waals surface area contributed by atoms with Crippen LogP contribution in [-0.4, -0.2) is 210 Å². The standard InChI is InChI=1S/C42H69NO24/c1-16-17(2)26(43)37(60-24(16)12-55-21(6)47)63-33-19(4)32(53-9)42(67-40(33)57-14-45)62-30-18(3)27(49)39(61-25(30)13-56-22(7)48)65-35-31(52-8)20(5)36(66-41(35)58-15-46)64-34-23(11-44)59-38(54-10)29(51)28(34)50/h14-20,23-42,44,49-51H,11-13,43H2,1-10H3/t16-,17+,18?,19-,20?,23?,24?,25-,26?,27?,28-,29?,30+,31?,32?,33-,34+,35+,36+,37+,38-,39-,40?,41-,42-/m1/s1. The van der Waals surface area contributed by atoms with Crippen LogP contribution in [0.1, 0.15) is 48.5 Å². The van der Waals surface area contributed by atoms with Gasteiger partial charge in [0.1, 0.15) is 68.1 Å². The molecule has 0 aromatic rings. The number of ether oxygens (including phenoxy) is 16. The highest BCUT2D eigenvalue weighted by Gasteiger charge is 2.56. The zero-order chi connectivity index (χ0) is 49.4. The van der Waals surface area contributed by atoms with Crippen molar-refractivity contribution in [1.82, 2.24) is 0 Å². The van der Waals surface area contributed by atoms with Gasteiger partial charge in [-0.05, 0) is 11.8 Å². The van der Waals surface area contributed by atoms with Gasteiger partial charge < -0.3 is 102 Å². The molecule has 0 amide bonds. The molecule has 386 valence electrons. The lowest BCUT2D eigenvalue weighted by atomic mass is 9.82. The Morgan fingerprint density at radius 3 is 1.58 bits per heavy atom. The fourth-order valence-corrected chi connectivity index (χ4v) is 9.15. The molecule has 10 unspecified atom stereocenters. The number of nitrogens with two attached hydrogens (primary N) is 1. The van der Waals surface area contributed by atoms with Crippen LogP contribution in [0.4, 0.5) is 0 Å². The molecule has 0 radical (unpaired) electrons. The van der Waals surface area contributed by atoms with Gasteiger partial charge in [0, 0.05) is 52.9 Å². The fraction of sp³-hybridized carbons (Fsp3) is 0.905. The maximum Gasteiger partial charge on any atom is 0.302 e. The van der Waals surface area contributed by atoms with E-state index >= 15 is 0 Å². The van der Waals surface area contributed by atoms with Crippen LogP contribution >= 0.6 is 0 Å². The van der Waals surface area contributed by atoms with Gasteiger partial charge in [0.25, 0.3) is 12.9 Å². The van der Waals surface area contributed by atoms with Crippen molar-refractivity contribution >= 4 is 24.9 Å². The summed E-state index contributed by atoms with van der Waals surface area (Å²) in [5, 5.41) is 43.4. The third kappa shape index (κ3) is 12.6. The van der Waals surface area contributed by atoms with Crippen LogP contribution in [0.2, 0.25) is 0 Å². The lowest BCUT2D eigenvalue weighted by Gasteiger charge is -2.51. The Morgan fingerprint density at radius 1 is 0.493 bits per heavy atom. The summed E-state index contributed by atoms with van der Waals surface area (Å²) in [5.41, 5.74) is 6.58. The number of rotatable bonds is 20. The quantitative estimate of drug-likeness (QED) is 0.0491. The first-order valence-electron chi connectivity index (χ1n) is 22.2. The molecule has 25 heteroatoms. The maximum absolute atomic E-state index is 12.1. The molecular weight excluding hydrogens is 902 g/mol. The summed E-state index contributed by atoms with van der Waals surface area (Å²) in [6.07, 6.45) is -23.9. The van der Waals surface area contributed by atoms with Gasteiger partial charge in [0.2, 0.25) is 12.6 Å². The lowest BCUT2D eigenvalue weighted by molar-refractivity contribution is -0.402. The number of carbonyl (C=O) groups excluding carboxylic acids is 4. The summed E-state index contributed by atoms with van der Waals surface area (Å²) < 4.78 is 93.6. The number of aliphatic hydroxyl groups excluding tert-OH is 4. The Morgan fingerprint density at radius 2 is 1.01 bits per heavy atom. The van der Waals surface area contributed by atoms with E-state index in [-0.39, 0.29) is 31.4 Å². The summed E-state index contributed by atoms with van der Waals surface area (Å²) in [6, 6.07) is -0.649. The van der Waals surface area contributed by atoms with Crippen molar-refractivity contribution < 1.29 is 115 Å². The van der Waals surface area contributed by atoms with Crippen molar-refractivity contribution in [2.45, 2.75) is 172 Å². The van der Waals surface area contributed by atoms with Crippen LogP contribution in [0, 0.1) is 29.6 Å². The molecule has 67 heavy (non-hydrogen) atoms. The van der Waals surface area contributed by atoms with Gasteiger partial charge in [-0.3, -0.25) is 19.2 Å². The van der Waals surface area contributed by atoms with E-state index in [9.17, 15) is 39.6 Å². The lowest BCUT2D eigenvalue weighted by Crippen LogP contribution is -2.65. The second kappa shape index (κ2) is 24.8. The van der Waals surface area contributed by atoms with Gasteiger partial charge in [-0.1, -0.05) is 34.6 Å². The smallest absolute Gasteiger partial charge is 0.302 e. The van der Waals surface area contributed by atoms with Gasteiger partial charge in [-0.15, -0.1) is 0 Å². The number of esters is 2. The first-order chi connectivity index (χ1) is 31.8. The topological polar surface area (TPSA) is 323 Å². The average molecular weight is 972 g/mol. The molecule has 5 fully saturated rings. The molecule has 0 aliphatic carbocycles. The molecule has 5 aliphatic heterocycles. The van der Waals surface area contributed by atoms with E-state index < -0.39 is 166 Å². The molecule has 5 aliphatic rings. The molecule has 6 N–H and O–H groups in total. The van der Waals surface area contributed by atoms with Crippen LogP contribution in [0.3, 0.4) is 0 Å². The molecule has 0 aromatic carbocycles. The van der Waals surface area contributed by atoms with E-state index in [0.717, 1.165) is 0 Å². The summed E-state index contributed by atoms with van der Waals surface area (Å²) >= 11 is 0. The van der Waals surface area contributed by atoms with E-state index in [1.54, 1.807) is 20.8 Å². The van der Waals surface area contributed by atoms with Gasteiger partial charge >= 0.3 is 11.9 Å². The number of hydrogen-bond acceptors (Lipinski definition) is 25. The van der Waals surface area contributed by atoms with E-state index in [4.69, 9.17) is 81.5 Å². The Balaban J connectivity index is 1.34. The zero-order valence-corrected chi connectivity index (χ0v) is 39.2. The Bertz CT molecular complexity index is 1580. The van der Waals surface area contributed by atoms with Crippen molar-refractivity contribution in [2.24, 2.45) is 35.3 Å². The van der Waals surface area contributed by atoms with Gasteiger partial charge in [-0.25, -0.2) is 0 Å². The molecule has 5 heterocycles. The van der Waals surface area contributed by atoms with Crippen LogP contribution < -0.4 is 5.73 Å². The first kappa shape index (κ1) is 55.1.